The van der Waals surface area contributed by atoms with Gasteiger partial charge in [0.1, 0.15) is 4.75 Å². The van der Waals surface area contributed by atoms with Gasteiger partial charge >= 0.3 is 0 Å². The lowest BCUT2D eigenvalue weighted by Gasteiger charge is -2.28. The molecular formula is C14H19BrClFN2OS. The molecule has 0 bridgehead atoms. The third-order valence-corrected chi connectivity index (χ3v) is 5.45. The molecule has 1 aromatic heterocycles. The first kappa shape index (κ1) is 18.9. The topological polar surface area (TPSA) is 48.0 Å². The van der Waals surface area contributed by atoms with Gasteiger partial charge in [0.25, 0.3) is 0 Å². The summed E-state index contributed by atoms with van der Waals surface area (Å²) >= 11 is 8.03. The van der Waals surface area contributed by atoms with Crippen molar-refractivity contribution in [1.29, 1.82) is 0 Å². The lowest BCUT2D eigenvalue weighted by molar-refractivity contribution is 0.507. The molecule has 0 fully saturated rings. The molecule has 0 aliphatic heterocycles. The minimum absolute atomic E-state index is 0.197. The van der Waals surface area contributed by atoms with Gasteiger partial charge < -0.3 is 4.55 Å². The standard InChI is InChI=1S/C14H19BrClFN2OS/c1-5-6-7-10(19-21(20)14(2,3)4)11-9(16)8-18-13(17)12(11)15/h5,8,10,19H,1,6-7H2,2-4H3/t10-,21?/m1/s1. The molecule has 1 aromatic rings. The Hall–Kier alpha value is -0.140. The van der Waals surface area contributed by atoms with Gasteiger partial charge in [-0.05, 0) is 49.5 Å². The van der Waals surface area contributed by atoms with Gasteiger partial charge in [-0.25, -0.2) is 4.98 Å². The number of pyridine rings is 1. The summed E-state index contributed by atoms with van der Waals surface area (Å²) in [5.74, 6) is -0.638. The third kappa shape index (κ3) is 5.21. The molecule has 0 saturated heterocycles. The Morgan fingerprint density at radius 3 is 2.76 bits per heavy atom. The zero-order valence-corrected chi connectivity index (χ0v) is 15.4. The van der Waals surface area contributed by atoms with Crippen LogP contribution in [0.1, 0.15) is 45.2 Å². The molecule has 0 aliphatic rings. The zero-order chi connectivity index (χ0) is 16.2. The fourth-order valence-corrected chi connectivity index (χ4v) is 3.46. The molecule has 0 aromatic carbocycles. The number of hydrogen-bond acceptors (Lipinski definition) is 3. The van der Waals surface area contributed by atoms with Gasteiger partial charge in [-0.1, -0.05) is 17.7 Å². The van der Waals surface area contributed by atoms with Crippen molar-refractivity contribution < 1.29 is 8.94 Å². The van der Waals surface area contributed by atoms with Gasteiger partial charge in [0, 0.05) is 23.1 Å². The summed E-state index contributed by atoms with van der Waals surface area (Å²) in [6.45, 7) is 9.28. The number of nitrogens with one attached hydrogen (secondary N) is 1. The van der Waals surface area contributed by atoms with Crippen LogP contribution in [0.3, 0.4) is 0 Å². The molecule has 118 valence electrons. The summed E-state index contributed by atoms with van der Waals surface area (Å²) in [5, 5.41) is 0.329. The van der Waals surface area contributed by atoms with Crippen LogP contribution in [0, 0.1) is 5.95 Å². The highest BCUT2D eigenvalue weighted by Crippen LogP contribution is 2.35. The number of nitrogens with zero attached hydrogens (tertiary/aromatic N) is 1. The first-order chi connectivity index (χ1) is 9.68. The van der Waals surface area contributed by atoms with Gasteiger partial charge in [-0.3, -0.25) is 0 Å². The van der Waals surface area contributed by atoms with Crippen LogP contribution in [0.15, 0.2) is 23.3 Å². The maximum atomic E-state index is 13.7. The van der Waals surface area contributed by atoms with E-state index in [0.717, 1.165) is 0 Å². The fraction of sp³-hybridized carbons (Fsp3) is 0.500. The Balaban J connectivity index is 3.14. The normalized spacial score (nSPS) is 14.8. The number of hydrogen-bond donors (Lipinski definition) is 1. The molecule has 0 spiro atoms. The van der Waals surface area contributed by atoms with E-state index in [9.17, 15) is 8.94 Å². The minimum Gasteiger partial charge on any atom is -0.598 e. The van der Waals surface area contributed by atoms with E-state index in [2.05, 4.69) is 32.2 Å². The van der Waals surface area contributed by atoms with Gasteiger partial charge in [0.05, 0.1) is 15.5 Å². The first-order valence-corrected chi connectivity index (χ1v) is 8.79. The molecular weight excluding hydrogens is 379 g/mol. The van der Waals surface area contributed by atoms with E-state index in [1.165, 1.54) is 6.20 Å². The van der Waals surface area contributed by atoms with Crippen LogP contribution in [0.2, 0.25) is 5.02 Å². The fourth-order valence-electron chi connectivity index (χ4n) is 1.63. The van der Waals surface area contributed by atoms with E-state index >= 15 is 0 Å². The van der Waals surface area contributed by atoms with Gasteiger partial charge in [-0.15, -0.1) is 11.3 Å². The SMILES string of the molecule is C=CCC[C@@H](N[S+]([O-])C(C)(C)C)c1c(Cl)cnc(F)c1Br. The largest absolute Gasteiger partial charge is 0.598 e. The van der Waals surface area contributed by atoms with Crippen molar-refractivity contribution in [3.8, 4) is 0 Å². The monoisotopic (exact) mass is 396 g/mol. The summed E-state index contributed by atoms with van der Waals surface area (Å²) in [5.41, 5.74) is 0.531. The van der Waals surface area contributed by atoms with Gasteiger partial charge in [0.2, 0.25) is 5.95 Å². The second kappa shape index (κ2) is 7.92. The molecule has 3 nitrogen and oxygen atoms in total. The number of halogens is 3. The second-order valence-electron chi connectivity index (χ2n) is 5.54. The molecule has 7 heteroatoms. The van der Waals surface area contributed by atoms with Crippen molar-refractivity contribution >= 4 is 38.9 Å². The molecule has 1 N–H and O–H groups in total. The van der Waals surface area contributed by atoms with Crippen molar-refractivity contribution in [3.05, 3.63) is 39.9 Å². The highest BCUT2D eigenvalue weighted by molar-refractivity contribution is 9.10. The van der Waals surface area contributed by atoms with Crippen LogP contribution < -0.4 is 4.72 Å². The second-order valence-corrected chi connectivity index (χ2v) is 8.74. The Morgan fingerprint density at radius 1 is 1.62 bits per heavy atom. The summed E-state index contributed by atoms with van der Waals surface area (Å²) < 4.78 is 28.8. The third-order valence-electron chi connectivity index (χ3n) is 2.78. The van der Waals surface area contributed by atoms with E-state index in [0.29, 0.717) is 23.4 Å². The zero-order valence-electron chi connectivity index (χ0n) is 12.3. The molecule has 0 saturated carbocycles. The quantitative estimate of drug-likeness (QED) is 0.430. The first-order valence-electron chi connectivity index (χ1n) is 6.46. The molecule has 1 unspecified atom stereocenters. The van der Waals surface area contributed by atoms with Crippen LogP contribution in [0.5, 0.6) is 0 Å². The summed E-state index contributed by atoms with van der Waals surface area (Å²) in [6.07, 6.45) is 4.31. The summed E-state index contributed by atoms with van der Waals surface area (Å²) in [7, 11) is 0. The van der Waals surface area contributed by atoms with Crippen molar-refractivity contribution in [2.75, 3.05) is 0 Å². The van der Waals surface area contributed by atoms with E-state index in [1.807, 2.05) is 20.8 Å². The van der Waals surface area contributed by atoms with Crippen LogP contribution >= 0.6 is 27.5 Å². The lowest BCUT2D eigenvalue weighted by atomic mass is 10.0. The number of aromatic nitrogens is 1. The smallest absolute Gasteiger partial charge is 0.227 e. The minimum atomic E-state index is -1.30. The average molecular weight is 398 g/mol. The van der Waals surface area contributed by atoms with Crippen molar-refractivity contribution in [2.45, 2.75) is 44.4 Å². The highest BCUT2D eigenvalue weighted by atomic mass is 79.9. The van der Waals surface area contributed by atoms with Crippen LogP contribution in [-0.4, -0.2) is 14.3 Å². The molecule has 1 heterocycles. The predicted octanol–water partition coefficient (Wildman–Crippen LogP) is 4.70. The Bertz CT molecular complexity index is 510. The van der Waals surface area contributed by atoms with Crippen LogP contribution in [0.25, 0.3) is 0 Å². The van der Waals surface area contributed by atoms with E-state index < -0.39 is 22.1 Å². The maximum absolute atomic E-state index is 13.7. The van der Waals surface area contributed by atoms with Gasteiger partial charge in [0.15, 0.2) is 0 Å². The van der Waals surface area contributed by atoms with Crippen LogP contribution in [0.4, 0.5) is 4.39 Å². The van der Waals surface area contributed by atoms with Crippen molar-refractivity contribution in [2.24, 2.45) is 0 Å². The van der Waals surface area contributed by atoms with E-state index in [1.54, 1.807) is 6.08 Å². The van der Waals surface area contributed by atoms with Gasteiger partial charge in [-0.2, -0.15) is 4.39 Å². The molecule has 1 rings (SSSR count). The molecule has 2 atom stereocenters. The molecule has 0 amide bonds. The van der Waals surface area contributed by atoms with E-state index in [-0.39, 0.29) is 10.5 Å². The molecule has 21 heavy (non-hydrogen) atoms. The Morgan fingerprint density at radius 2 is 2.24 bits per heavy atom. The average Bonchev–Trinajstić information content (AvgIpc) is 2.39. The van der Waals surface area contributed by atoms with Crippen molar-refractivity contribution in [1.82, 2.24) is 9.71 Å². The van der Waals surface area contributed by atoms with Crippen LogP contribution in [-0.2, 0) is 11.4 Å². The van der Waals surface area contributed by atoms with Crippen molar-refractivity contribution in [3.63, 3.8) is 0 Å². The summed E-state index contributed by atoms with van der Waals surface area (Å²) in [4.78, 5) is 3.56. The maximum Gasteiger partial charge on any atom is 0.227 e. The summed E-state index contributed by atoms with van der Waals surface area (Å²) in [6, 6.07) is -0.359. The Kier molecular flexibility index (Phi) is 7.13. The predicted molar refractivity (Wildman–Crippen MR) is 90.1 cm³/mol. The number of rotatable bonds is 6. The van der Waals surface area contributed by atoms with E-state index in [4.69, 9.17) is 11.6 Å². The lowest BCUT2D eigenvalue weighted by Crippen LogP contribution is -2.41. The highest BCUT2D eigenvalue weighted by Gasteiger charge is 2.31. The Labute approximate surface area is 141 Å². The molecule has 0 aliphatic carbocycles. The number of allylic oxidation sites excluding steroid dienone is 1. The molecule has 0 radical (unpaired) electrons.